The molecule has 0 radical (unpaired) electrons. The Morgan fingerprint density at radius 2 is 2.03 bits per heavy atom. The standard InChI is InChI=1S/C22H24N4O3S2/c1-23-22(21(28)25-14-27)10-8-16(9-11-22)30-26-31-17-6-7-18(24-13-17)20-12-15-4-2-3-5-19(15)29-20/h2-7,12-14,16,23,26H,8-11H2,1H3,(H,25,27,28). The molecule has 1 aromatic carbocycles. The molecule has 0 unspecified atom stereocenters. The second kappa shape index (κ2) is 9.86. The van der Waals surface area contributed by atoms with Crippen molar-refractivity contribution in [3.8, 4) is 11.5 Å². The van der Waals surface area contributed by atoms with Gasteiger partial charge >= 0.3 is 0 Å². The van der Waals surface area contributed by atoms with Crippen LogP contribution in [0.15, 0.2) is 58.0 Å². The van der Waals surface area contributed by atoms with Gasteiger partial charge in [-0.2, -0.15) is 0 Å². The van der Waals surface area contributed by atoms with Gasteiger partial charge in [0.25, 0.3) is 0 Å². The number of rotatable bonds is 8. The van der Waals surface area contributed by atoms with Gasteiger partial charge in [-0.05, 0) is 68.9 Å². The molecule has 7 nitrogen and oxygen atoms in total. The number of fused-ring (bicyclic) bond motifs is 1. The minimum Gasteiger partial charge on any atom is -0.454 e. The summed E-state index contributed by atoms with van der Waals surface area (Å²) in [4.78, 5) is 28.3. The Bertz CT molecular complexity index is 1010. The molecule has 1 saturated carbocycles. The third kappa shape index (κ3) is 4.95. The van der Waals surface area contributed by atoms with Crippen molar-refractivity contribution in [3.63, 3.8) is 0 Å². The molecule has 4 rings (SSSR count). The number of hydrogen-bond acceptors (Lipinski definition) is 8. The first-order valence-corrected chi connectivity index (χ1v) is 11.8. The van der Waals surface area contributed by atoms with Crippen molar-refractivity contribution in [3.05, 3.63) is 48.7 Å². The zero-order valence-corrected chi connectivity index (χ0v) is 18.7. The third-order valence-electron chi connectivity index (χ3n) is 5.68. The number of pyridine rings is 1. The van der Waals surface area contributed by atoms with E-state index in [2.05, 4.69) is 19.7 Å². The molecule has 2 heterocycles. The monoisotopic (exact) mass is 456 g/mol. The lowest BCUT2D eigenvalue weighted by atomic mass is 9.81. The van der Waals surface area contributed by atoms with Gasteiger partial charge in [0.2, 0.25) is 12.3 Å². The minimum absolute atomic E-state index is 0.244. The number of carbonyl (C=O) groups is 2. The largest absolute Gasteiger partial charge is 0.454 e. The Hall–Kier alpha value is -2.33. The average molecular weight is 457 g/mol. The van der Waals surface area contributed by atoms with Gasteiger partial charge in [0.05, 0.1) is 5.54 Å². The Kier molecular flexibility index (Phi) is 6.96. The first kappa shape index (κ1) is 21.9. The summed E-state index contributed by atoms with van der Waals surface area (Å²) >= 11 is 3.19. The molecule has 1 fully saturated rings. The van der Waals surface area contributed by atoms with Gasteiger partial charge in [0.1, 0.15) is 11.3 Å². The van der Waals surface area contributed by atoms with E-state index in [1.54, 1.807) is 19.0 Å². The van der Waals surface area contributed by atoms with E-state index in [-0.39, 0.29) is 5.91 Å². The van der Waals surface area contributed by atoms with Gasteiger partial charge < -0.3 is 9.73 Å². The highest BCUT2D eigenvalue weighted by molar-refractivity contribution is 8.13. The van der Waals surface area contributed by atoms with E-state index >= 15 is 0 Å². The number of nitrogens with one attached hydrogen (secondary N) is 3. The Morgan fingerprint density at radius 3 is 2.71 bits per heavy atom. The van der Waals surface area contributed by atoms with Crippen LogP contribution in [0.4, 0.5) is 0 Å². The molecule has 0 saturated heterocycles. The second-order valence-corrected chi connectivity index (χ2v) is 9.70. The summed E-state index contributed by atoms with van der Waals surface area (Å²) in [7, 11) is 1.77. The van der Waals surface area contributed by atoms with Crippen molar-refractivity contribution < 1.29 is 14.0 Å². The van der Waals surface area contributed by atoms with E-state index < -0.39 is 5.54 Å². The quantitative estimate of drug-likeness (QED) is 0.347. The molecule has 31 heavy (non-hydrogen) atoms. The third-order valence-corrected chi connectivity index (χ3v) is 7.68. The molecule has 3 aromatic rings. The van der Waals surface area contributed by atoms with Crippen LogP contribution in [0, 0.1) is 0 Å². The maximum Gasteiger partial charge on any atom is 0.246 e. The fourth-order valence-electron chi connectivity index (χ4n) is 3.82. The Morgan fingerprint density at radius 1 is 1.23 bits per heavy atom. The number of likely N-dealkylation sites (N-methyl/N-ethyl adjacent to an activating group) is 1. The van der Waals surface area contributed by atoms with Gasteiger partial charge in [-0.15, -0.1) is 0 Å². The predicted octanol–water partition coefficient (Wildman–Crippen LogP) is 3.91. The summed E-state index contributed by atoms with van der Waals surface area (Å²) in [6.07, 6.45) is 5.44. The highest BCUT2D eigenvalue weighted by Gasteiger charge is 2.40. The zero-order chi connectivity index (χ0) is 21.7. The lowest BCUT2D eigenvalue weighted by molar-refractivity contribution is -0.131. The molecular formula is C22H24N4O3S2. The predicted molar refractivity (Wildman–Crippen MR) is 124 cm³/mol. The maximum atomic E-state index is 12.2. The van der Waals surface area contributed by atoms with Gasteiger partial charge in [-0.25, -0.2) is 4.13 Å². The number of carbonyl (C=O) groups excluding carboxylic acids is 2. The van der Waals surface area contributed by atoms with Crippen molar-refractivity contribution in [1.82, 2.24) is 19.7 Å². The van der Waals surface area contributed by atoms with Crippen LogP contribution in [-0.4, -0.2) is 35.1 Å². The molecule has 2 aromatic heterocycles. The number of furan rings is 1. The normalized spacial score (nSPS) is 21.1. The topological polar surface area (TPSA) is 96.3 Å². The maximum absolute atomic E-state index is 12.2. The van der Waals surface area contributed by atoms with Gasteiger partial charge in [0, 0.05) is 21.7 Å². The van der Waals surface area contributed by atoms with Crippen LogP contribution in [0.2, 0.25) is 0 Å². The number of nitrogens with zero attached hydrogens (tertiary/aromatic N) is 1. The number of para-hydroxylation sites is 1. The molecule has 162 valence electrons. The molecular weight excluding hydrogens is 432 g/mol. The lowest BCUT2D eigenvalue weighted by Crippen LogP contribution is -2.57. The zero-order valence-electron chi connectivity index (χ0n) is 17.1. The van der Waals surface area contributed by atoms with Crippen molar-refractivity contribution in [1.29, 1.82) is 0 Å². The van der Waals surface area contributed by atoms with E-state index in [1.165, 1.54) is 11.9 Å². The SMILES string of the molecule is CNC1(C(=O)NC=O)CCC(SNSc2ccc(-c3cc4ccccc4o3)nc2)CC1. The minimum atomic E-state index is -0.651. The van der Waals surface area contributed by atoms with E-state index in [9.17, 15) is 9.59 Å². The van der Waals surface area contributed by atoms with Crippen LogP contribution in [0.1, 0.15) is 25.7 Å². The molecule has 1 aliphatic rings. The highest BCUT2D eigenvalue weighted by Crippen LogP contribution is 2.35. The fourth-order valence-corrected chi connectivity index (χ4v) is 5.65. The fraction of sp³-hybridized carbons (Fsp3) is 0.318. The number of aromatic nitrogens is 1. The molecule has 9 heteroatoms. The number of amides is 2. The first-order valence-electron chi connectivity index (χ1n) is 10.1. The average Bonchev–Trinajstić information content (AvgIpc) is 3.24. The summed E-state index contributed by atoms with van der Waals surface area (Å²) in [6.45, 7) is 0. The van der Waals surface area contributed by atoms with Gasteiger partial charge in [-0.1, -0.05) is 30.1 Å². The van der Waals surface area contributed by atoms with Gasteiger partial charge in [0.15, 0.2) is 5.76 Å². The van der Waals surface area contributed by atoms with Crippen molar-refractivity contribution in [2.24, 2.45) is 0 Å². The first-order chi connectivity index (χ1) is 15.1. The second-order valence-electron chi connectivity index (χ2n) is 7.45. The van der Waals surface area contributed by atoms with Gasteiger partial charge in [-0.3, -0.25) is 19.9 Å². The molecule has 3 N–H and O–H groups in total. The van der Waals surface area contributed by atoms with Crippen LogP contribution in [-0.2, 0) is 9.59 Å². The summed E-state index contributed by atoms with van der Waals surface area (Å²) in [5.74, 6) is 0.514. The van der Waals surface area contributed by atoms with Crippen molar-refractivity contribution in [2.75, 3.05) is 7.05 Å². The number of hydrogen-bond donors (Lipinski definition) is 3. The number of imide groups is 1. The van der Waals surface area contributed by atoms with Crippen LogP contribution in [0.25, 0.3) is 22.4 Å². The van der Waals surface area contributed by atoms with E-state index in [1.807, 2.05) is 48.7 Å². The van der Waals surface area contributed by atoms with Crippen LogP contribution >= 0.6 is 23.9 Å². The van der Waals surface area contributed by atoms with E-state index in [0.29, 0.717) is 24.5 Å². The molecule has 2 amide bonds. The Balaban J connectivity index is 1.27. The molecule has 0 aliphatic heterocycles. The van der Waals surface area contributed by atoms with Crippen LogP contribution in [0.5, 0.6) is 0 Å². The number of benzene rings is 1. The highest BCUT2D eigenvalue weighted by atomic mass is 32.2. The molecule has 1 aliphatic carbocycles. The van der Waals surface area contributed by atoms with Crippen molar-refractivity contribution >= 4 is 47.2 Å². The summed E-state index contributed by atoms with van der Waals surface area (Å²) in [5.41, 5.74) is 1.01. The van der Waals surface area contributed by atoms with Crippen LogP contribution in [0.3, 0.4) is 0 Å². The van der Waals surface area contributed by atoms with Crippen LogP contribution < -0.4 is 14.8 Å². The summed E-state index contributed by atoms with van der Waals surface area (Å²) < 4.78 is 9.22. The molecule has 0 bridgehead atoms. The Labute approximate surface area is 189 Å². The molecule has 0 spiro atoms. The summed E-state index contributed by atoms with van der Waals surface area (Å²) in [5, 5.41) is 6.87. The van der Waals surface area contributed by atoms with E-state index in [4.69, 9.17) is 4.42 Å². The molecule has 0 atom stereocenters. The lowest BCUT2D eigenvalue weighted by Gasteiger charge is -2.37. The smallest absolute Gasteiger partial charge is 0.246 e. The summed E-state index contributed by atoms with van der Waals surface area (Å²) in [6, 6.07) is 13.9. The van der Waals surface area contributed by atoms with Crippen molar-refractivity contribution in [2.45, 2.75) is 41.4 Å². The van der Waals surface area contributed by atoms with E-state index in [0.717, 1.165) is 40.2 Å².